The number of hydrogen-bond acceptors (Lipinski definition) is 5. The Morgan fingerprint density at radius 3 is 2.83 bits per heavy atom. The quantitative estimate of drug-likeness (QED) is 0.805. The third kappa shape index (κ3) is 3.98. The number of aromatic amines is 1. The van der Waals surface area contributed by atoms with Crippen molar-refractivity contribution < 1.29 is 14.6 Å². The highest BCUT2D eigenvalue weighted by Crippen LogP contribution is 2.28. The Kier molecular flexibility index (Phi) is 4.88. The molecule has 0 unspecified atom stereocenters. The van der Waals surface area contributed by atoms with Gasteiger partial charge in [0.15, 0.2) is 5.82 Å². The first-order chi connectivity index (χ1) is 11.6. The van der Waals surface area contributed by atoms with E-state index >= 15 is 0 Å². The molecule has 24 heavy (non-hydrogen) atoms. The summed E-state index contributed by atoms with van der Waals surface area (Å²) in [7, 11) is 0. The predicted octanol–water partition coefficient (Wildman–Crippen LogP) is 2.03. The van der Waals surface area contributed by atoms with Crippen molar-refractivity contribution in [3.8, 4) is 17.1 Å². The number of rotatable bonds is 7. The fourth-order valence-electron chi connectivity index (χ4n) is 2.49. The SMILES string of the molecule is O=C(O)CCc1nnc(-c2cccc(OCC3CCC3)c2)[nH]c1=O. The number of nitrogens with zero attached hydrogens (tertiary/aromatic N) is 2. The van der Waals surface area contributed by atoms with Crippen LogP contribution in [-0.4, -0.2) is 32.9 Å². The molecular weight excluding hydrogens is 310 g/mol. The number of benzene rings is 1. The molecule has 0 amide bonds. The van der Waals surface area contributed by atoms with E-state index in [0.717, 1.165) is 5.75 Å². The zero-order valence-corrected chi connectivity index (χ0v) is 13.2. The maximum atomic E-state index is 12.0. The third-order valence-electron chi connectivity index (χ3n) is 4.16. The molecule has 1 saturated carbocycles. The van der Waals surface area contributed by atoms with Gasteiger partial charge in [-0.05, 0) is 30.9 Å². The Labute approximate surface area is 138 Å². The standard InChI is InChI=1S/C17H19N3O4/c21-15(22)8-7-14-17(23)18-16(20-19-14)12-5-2-6-13(9-12)24-10-11-3-1-4-11/h2,5-6,9,11H,1,3-4,7-8,10H2,(H,21,22)(H,18,20,23). The van der Waals surface area contributed by atoms with Crippen molar-refractivity contribution >= 4 is 5.97 Å². The van der Waals surface area contributed by atoms with Gasteiger partial charge in [0.25, 0.3) is 5.56 Å². The summed E-state index contributed by atoms with van der Waals surface area (Å²) in [6.07, 6.45) is 3.62. The first kappa shape index (κ1) is 16.2. The fraction of sp³-hybridized carbons (Fsp3) is 0.412. The largest absolute Gasteiger partial charge is 0.493 e. The number of carboxylic acids is 1. The molecule has 2 aromatic rings. The number of aromatic nitrogens is 3. The fourth-order valence-corrected chi connectivity index (χ4v) is 2.49. The summed E-state index contributed by atoms with van der Waals surface area (Å²) in [5, 5.41) is 16.5. The van der Waals surface area contributed by atoms with E-state index in [1.54, 1.807) is 0 Å². The zero-order valence-electron chi connectivity index (χ0n) is 13.2. The minimum absolute atomic E-state index is 0.0580. The molecule has 7 nitrogen and oxygen atoms in total. The summed E-state index contributed by atoms with van der Waals surface area (Å²) in [4.78, 5) is 25.2. The monoisotopic (exact) mass is 329 g/mol. The molecule has 1 aliphatic rings. The maximum Gasteiger partial charge on any atom is 0.303 e. The zero-order chi connectivity index (χ0) is 16.9. The van der Waals surface area contributed by atoms with Gasteiger partial charge in [0.2, 0.25) is 0 Å². The lowest BCUT2D eigenvalue weighted by atomic mass is 9.86. The number of nitrogens with one attached hydrogen (secondary N) is 1. The molecule has 7 heteroatoms. The summed E-state index contributed by atoms with van der Waals surface area (Å²) < 4.78 is 5.79. The average molecular weight is 329 g/mol. The molecule has 1 aliphatic carbocycles. The second-order valence-electron chi connectivity index (χ2n) is 5.98. The molecule has 1 aromatic heterocycles. The number of hydrogen-bond donors (Lipinski definition) is 2. The van der Waals surface area contributed by atoms with E-state index in [0.29, 0.717) is 23.9 Å². The molecule has 0 atom stereocenters. The molecule has 126 valence electrons. The minimum Gasteiger partial charge on any atom is -0.493 e. The topological polar surface area (TPSA) is 105 Å². The number of carbonyl (C=O) groups is 1. The number of aryl methyl sites for hydroxylation is 1. The molecule has 2 N–H and O–H groups in total. The van der Waals surface area contributed by atoms with Crippen LogP contribution in [0.25, 0.3) is 11.4 Å². The first-order valence-corrected chi connectivity index (χ1v) is 8.03. The van der Waals surface area contributed by atoms with Crippen LogP contribution in [-0.2, 0) is 11.2 Å². The van der Waals surface area contributed by atoms with Gasteiger partial charge in [-0.1, -0.05) is 18.6 Å². The minimum atomic E-state index is -0.975. The highest BCUT2D eigenvalue weighted by molar-refractivity contribution is 5.67. The van der Waals surface area contributed by atoms with E-state index in [1.165, 1.54) is 19.3 Å². The van der Waals surface area contributed by atoms with Crippen LogP contribution in [0.5, 0.6) is 5.75 Å². The number of carboxylic acid groups (broad SMARTS) is 1. The second-order valence-corrected chi connectivity index (χ2v) is 5.98. The van der Waals surface area contributed by atoms with Crippen molar-refractivity contribution in [1.29, 1.82) is 0 Å². The van der Waals surface area contributed by atoms with Crippen molar-refractivity contribution in [3.05, 3.63) is 40.3 Å². The lowest BCUT2D eigenvalue weighted by Crippen LogP contribution is -2.19. The van der Waals surface area contributed by atoms with E-state index in [9.17, 15) is 9.59 Å². The predicted molar refractivity (Wildman–Crippen MR) is 86.9 cm³/mol. The van der Waals surface area contributed by atoms with Gasteiger partial charge in [0.05, 0.1) is 13.0 Å². The number of ether oxygens (including phenoxy) is 1. The van der Waals surface area contributed by atoms with Crippen molar-refractivity contribution in [2.75, 3.05) is 6.61 Å². The van der Waals surface area contributed by atoms with Crippen molar-refractivity contribution in [2.45, 2.75) is 32.1 Å². The Balaban J connectivity index is 1.72. The Morgan fingerprint density at radius 1 is 1.33 bits per heavy atom. The maximum absolute atomic E-state index is 12.0. The summed E-state index contributed by atoms with van der Waals surface area (Å²) in [5.41, 5.74) is 0.413. The van der Waals surface area contributed by atoms with Crippen LogP contribution < -0.4 is 10.3 Å². The van der Waals surface area contributed by atoms with Gasteiger partial charge in [0.1, 0.15) is 11.4 Å². The highest BCUT2D eigenvalue weighted by atomic mass is 16.5. The molecule has 1 fully saturated rings. The lowest BCUT2D eigenvalue weighted by Gasteiger charge is -2.25. The highest BCUT2D eigenvalue weighted by Gasteiger charge is 2.18. The smallest absolute Gasteiger partial charge is 0.303 e. The molecule has 0 aliphatic heterocycles. The van der Waals surface area contributed by atoms with Crippen LogP contribution in [0, 0.1) is 5.92 Å². The van der Waals surface area contributed by atoms with Crippen LogP contribution in [0.1, 0.15) is 31.4 Å². The number of H-pyrrole nitrogens is 1. The van der Waals surface area contributed by atoms with Gasteiger partial charge in [-0.2, -0.15) is 0 Å². The van der Waals surface area contributed by atoms with Crippen LogP contribution in [0.4, 0.5) is 0 Å². The van der Waals surface area contributed by atoms with Gasteiger partial charge < -0.3 is 14.8 Å². The molecule has 0 saturated heterocycles. The summed E-state index contributed by atoms with van der Waals surface area (Å²) in [5.74, 6) is 0.739. The third-order valence-corrected chi connectivity index (χ3v) is 4.16. The summed E-state index contributed by atoms with van der Waals surface area (Å²) in [6.45, 7) is 0.708. The van der Waals surface area contributed by atoms with Crippen LogP contribution in [0.15, 0.2) is 29.1 Å². The Bertz CT molecular complexity index is 783. The van der Waals surface area contributed by atoms with Crippen molar-refractivity contribution in [1.82, 2.24) is 15.2 Å². The van der Waals surface area contributed by atoms with Crippen molar-refractivity contribution in [3.63, 3.8) is 0 Å². The van der Waals surface area contributed by atoms with Crippen LogP contribution in [0.3, 0.4) is 0 Å². The van der Waals surface area contributed by atoms with E-state index < -0.39 is 11.5 Å². The van der Waals surface area contributed by atoms with Gasteiger partial charge >= 0.3 is 5.97 Å². The molecule has 0 bridgehead atoms. The molecule has 3 rings (SSSR count). The molecule has 0 spiro atoms. The summed E-state index contributed by atoms with van der Waals surface area (Å²) in [6, 6.07) is 7.33. The number of aliphatic carboxylic acids is 1. The molecule has 1 heterocycles. The van der Waals surface area contributed by atoms with Crippen LogP contribution in [0.2, 0.25) is 0 Å². The summed E-state index contributed by atoms with van der Waals surface area (Å²) >= 11 is 0. The van der Waals surface area contributed by atoms with Gasteiger partial charge in [-0.3, -0.25) is 9.59 Å². The van der Waals surface area contributed by atoms with Crippen LogP contribution >= 0.6 is 0 Å². The van der Waals surface area contributed by atoms with E-state index in [2.05, 4.69) is 15.2 Å². The normalized spacial score (nSPS) is 14.2. The Morgan fingerprint density at radius 2 is 2.17 bits per heavy atom. The molecular formula is C17H19N3O4. The molecule has 0 radical (unpaired) electrons. The van der Waals surface area contributed by atoms with Gasteiger partial charge in [0, 0.05) is 12.0 Å². The van der Waals surface area contributed by atoms with Gasteiger partial charge in [-0.25, -0.2) is 0 Å². The molecule has 1 aromatic carbocycles. The van der Waals surface area contributed by atoms with E-state index in [4.69, 9.17) is 9.84 Å². The second kappa shape index (κ2) is 7.25. The average Bonchev–Trinajstić information content (AvgIpc) is 2.52. The lowest BCUT2D eigenvalue weighted by molar-refractivity contribution is -0.136. The van der Waals surface area contributed by atoms with E-state index in [-0.39, 0.29) is 18.5 Å². The van der Waals surface area contributed by atoms with E-state index in [1.807, 2.05) is 24.3 Å². The van der Waals surface area contributed by atoms with Gasteiger partial charge in [-0.15, -0.1) is 10.2 Å². The van der Waals surface area contributed by atoms with Crippen molar-refractivity contribution in [2.24, 2.45) is 5.92 Å². The Hall–Kier alpha value is -2.70. The first-order valence-electron chi connectivity index (χ1n) is 8.03.